The quantitative estimate of drug-likeness (QED) is 0.494. The Morgan fingerprint density at radius 1 is 1.27 bits per heavy atom. The fourth-order valence-electron chi connectivity index (χ4n) is 4.19. The second-order valence-corrected chi connectivity index (χ2v) is 11.6. The van der Waals surface area contributed by atoms with E-state index in [0.717, 1.165) is 18.4 Å². The Morgan fingerprint density at radius 2 is 1.94 bits per heavy atom. The zero-order valence-corrected chi connectivity index (χ0v) is 20.4. The third-order valence-electron chi connectivity index (χ3n) is 6.27. The van der Waals surface area contributed by atoms with E-state index in [2.05, 4.69) is 10.4 Å². The summed E-state index contributed by atoms with van der Waals surface area (Å²) in [4.78, 5) is 28.0. The van der Waals surface area contributed by atoms with Crippen LogP contribution in [0.2, 0.25) is 5.02 Å². The average Bonchev–Trinajstić information content (AvgIpc) is 3.47. The summed E-state index contributed by atoms with van der Waals surface area (Å²) in [5, 5.41) is 27.2. The summed E-state index contributed by atoms with van der Waals surface area (Å²) >= 11 is 7.48. The maximum Gasteiger partial charge on any atom is 0.272 e. The average molecular weight is 493 g/mol. The largest absolute Gasteiger partial charge is 0.395 e. The first-order chi connectivity index (χ1) is 15.7. The minimum Gasteiger partial charge on any atom is -0.395 e. The number of hydrogen-bond donors (Lipinski definition) is 3. The van der Waals surface area contributed by atoms with Gasteiger partial charge >= 0.3 is 0 Å². The standard InChI is InChI=1S/C23H29ClN4O4S/c1-22(13-29,14-30)33-23(8-9-23)12-28-10-7-17-18(26-27(2)19(17)21(28)32)20(31)25-11-15-3-5-16(24)6-4-15/h3-6,29-30H,7-14H2,1-2H3,(H,25,31). The summed E-state index contributed by atoms with van der Waals surface area (Å²) < 4.78 is 0.715. The number of nitrogens with zero attached hydrogens (tertiary/aromatic N) is 3. The van der Waals surface area contributed by atoms with E-state index in [1.54, 1.807) is 30.9 Å². The van der Waals surface area contributed by atoms with Crippen LogP contribution in [0.4, 0.5) is 0 Å². The van der Waals surface area contributed by atoms with E-state index >= 15 is 0 Å². The zero-order valence-electron chi connectivity index (χ0n) is 18.8. The number of aryl methyl sites for hydroxylation is 1. The van der Waals surface area contributed by atoms with Gasteiger partial charge < -0.3 is 20.4 Å². The molecule has 0 bridgehead atoms. The second kappa shape index (κ2) is 9.29. The van der Waals surface area contributed by atoms with Gasteiger partial charge in [-0.3, -0.25) is 14.3 Å². The van der Waals surface area contributed by atoms with Crippen molar-refractivity contribution >= 4 is 35.2 Å². The molecule has 0 spiro atoms. The molecule has 4 rings (SSSR count). The van der Waals surface area contributed by atoms with Gasteiger partial charge in [-0.1, -0.05) is 23.7 Å². The van der Waals surface area contributed by atoms with Gasteiger partial charge in [0.05, 0.1) is 18.0 Å². The van der Waals surface area contributed by atoms with Gasteiger partial charge in [0.15, 0.2) is 5.69 Å². The van der Waals surface area contributed by atoms with Gasteiger partial charge in [0.25, 0.3) is 11.8 Å². The first kappa shape index (κ1) is 24.1. The first-order valence-electron chi connectivity index (χ1n) is 11.0. The monoisotopic (exact) mass is 492 g/mol. The number of carbonyl (C=O) groups excluding carboxylic acids is 2. The maximum atomic E-state index is 13.3. The van der Waals surface area contributed by atoms with Crippen molar-refractivity contribution in [2.45, 2.75) is 42.2 Å². The molecule has 1 saturated carbocycles. The number of halogens is 1. The number of fused-ring (bicyclic) bond motifs is 1. The highest BCUT2D eigenvalue weighted by Crippen LogP contribution is 2.54. The molecule has 1 aromatic carbocycles. The molecule has 8 nitrogen and oxygen atoms in total. The highest BCUT2D eigenvalue weighted by atomic mass is 35.5. The molecule has 0 unspecified atom stereocenters. The SMILES string of the molecule is Cn1nc(C(=O)NCc2ccc(Cl)cc2)c2c1C(=O)N(CC1(SC(C)(CO)CO)CC1)CC2. The second-order valence-electron chi connectivity index (χ2n) is 9.14. The lowest BCUT2D eigenvalue weighted by molar-refractivity contribution is 0.0725. The van der Waals surface area contributed by atoms with Crippen molar-refractivity contribution in [1.29, 1.82) is 0 Å². The van der Waals surface area contributed by atoms with Crippen LogP contribution in [0.1, 0.15) is 51.9 Å². The molecule has 10 heteroatoms. The summed E-state index contributed by atoms with van der Waals surface area (Å²) in [6.45, 7) is 3.00. The van der Waals surface area contributed by atoms with Gasteiger partial charge in [-0.15, -0.1) is 11.8 Å². The van der Waals surface area contributed by atoms with Crippen molar-refractivity contribution in [3.8, 4) is 0 Å². The van der Waals surface area contributed by atoms with E-state index in [1.165, 1.54) is 4.68 Å². The van der Waals surface area contributed by atoms with Crippen molar-refractivity contribution in [3.05, 3.63) is 51.8 Å². The highest BCUT2D eigenvalue weighted by Gasteiger charge is 2.50. The smallest absolute Gasteiger partial charge is 0.272 e. The van der Waals surface area contributed by atoms with Crippen LogP contribution in [0.5, 0.6) is 0 Å². The third-order valence-corrected chi connectivity index (χ3v) is 8.24. The predicted molar refractivity (Wildman–Crippen MR) is 128 cm³/mol. The van der Waals surface area contributed by atoms with Crippen LogP contribution < -0.4 is 5.32 Å². The lowest BCUT2D eigenvalue weighted by Crippen LogP contribution is -2.45. The van der Waals surface area contributed by atoms with Crippen LogP contribution in [0, 0.1) is 0 Å². The third kappa shape index (κ3) is 5.06. The number of aromatic nitrogens is 2. The van der Waals surface area contributed by atoms with Crippen LogP contribution >= 0.6 is 23.4 Å². The Labute approximate surface area is 202 Å². The Morgan fingerprint density at radius 3 is 2.55 bits per heavy atom. The van der Waals surface area contributed by atoms with Gasteiger partial charge in [0.1, 0.15) is 5.69 Å². The van der Waals surface area contributed by atoms with Crippen LogP contribution in [0.25, 0.3) is 0 Å². The molecule has 1 aromatic heterocycles. The Balaban J connectivity index is 1.45. The van der Waals surface area contributed by atoms with E-state index in [9.17, 15) is 19.8 Å². The van der Waals surface area contributed by atoms with Crippen molar-refractivity contribution in [3.63, 3.8) is 0 Å². The first-order valence-corrected chi connectivity index (χ1v) is 12.2. The van der Waals surface area contributed by atoms with E-state index in [1.807, 2.05) is 24.0 Å². The summed E-state index contributed by atoms with van der Waals surface area (Å²) in [5.74, 6) is -0.441. The molecule has 33 heavy (non-hydrogen) atoms. The normalized spacial score (nSPS) is 17.1. The molecular formula is C23H29ClN4O4S. The van der Waals surface area contributed by atoms with Gasteiger partial charge in [-0.2, -0.15) is 5.10 Å². The summed E-state index contributed by atoms with van der Waals surface area (Å²) in [7, 11) is 1.69. The van der Waals surface area contributed by atoms with Crippen molar-refractivity contribution < 1.29 is 19.8 Å². The lowest BCUT2D eigenvalue weighted by atomic mass is 10.0. The summed E-state index contributed by atoms with van der Waals surface area (Å²) in [6, 6.07) is 7.24. The molecule has 0 atom stereocenters. The highest BCUT2D eigenvalue weighted by molar-refractivity contribution is 8.02. The minimum atomic E-state index is -0.637. The van der Waals surface area contributed by atoms with Crippen LogP contribution in [0.15, 0.2) is 24.3 Å². The Hall–Kier alpha value is -2.07. The van der Waals surface area contributed by atoms with Crippen molar-refractivity contribution in [2.24, 2.45) is 7.05 Å². The van der Waals surface area contributed by atoms with Gasteiger partial charge in [-0.05, 0) is 43.9 Å². The summed E-state index contributed by atoms with van der Waals surface area (Å²) in [5.41, 5.74) is 2.34. The molecule has 1 aliphatic heterocycles. The van der Waals surface area contributed by atoms with Crippen LogP contribution in [-0.4, -0.2) is 72.5 Å². The molecule has 0 saturated heterocycles. The number of amides is 2. The van der Waals surface area contributed by atoms with Crippen LogP contribution in [-0.2, 0) is 20.0 Å². The lowest BCUT2D eigenvalue weighted by Gasteiger charge is -2.35. The number of carbonyl (C=O) groups is 2. The van der Waals surface area contributed by atoms with E-state index in [0.29, 0.717) is 42.3 Å². The number of hydrogen-bond acceptors (Lipinski definition) is 6. The predicted octanol–water partition coefficient (Wildman–Crippen LogP) is 2.01. The van der Waals surface area contributed by atoms with Crippen molar-refractivity contribution in [2.75, 3.05) is 26.3 Å². The number of aliphatic hydroxyl groups is 2. The molecule has 1 fully saturated rings. The van der Waals surface area contributed by atoms with Crippen molar-refractivity contribution in [1.82, 2.24) is 20.0 Å². The maximum absolute atomic E-state index is 13.3. The molecular weight excluding hydrogens is 464 g/mol. The van der Waals surface area contributed by atoms with Gasteiger partial charge in [0, 0.05) is 42.0 Å². The Kier molecular flexibility index (Phi) is 6.77. The number of thioether (sulfide) groups is 1. The fourth-order valence-corrected chi connectivity index (χ4v) is 6.02. The van der Waals surface area contributed by atoms with E-state index in [-0.39, 0.29) is 35.5 Å². The molecule has 3 N–H and O–H groups in total. The fraction of sp³-hybridized carbons (Fsp3) is 0.522. The van der Waals surface area contributed by atoms with Gasteiger partial charge in [0.2, 0.25) is 0 Å². The minimum absolute atomic E-state index is 0.121. The number of benzene rings is 1. The number of nitrogens with one attached hydrogen (secondary N) is 1. The number of aliphatic hydroxyl groups excluding tert-OH is 2. The molecule has 2 aromatic rings. The molecule has 2 aliphatic rings. The molecule has 2 amide bonds. The zero-order chi connectivity index (χ0) is 23.8. The van der Waals surface area contributed by atoms with E-state index < -0.39 is 4.75 Å². The van der Waals surface area contributed by atoms with Gasteiger partial charge in [-0.25, -0.2) is 0 Å². The molecule has 1 aliphatic carbocycles. The molecule has 0 radical (unpaired) electrons. The van der Waals surface area contributed by atoms with Crippen LogP contribution in [0.3, 0.4) is 0 Å². The molecule has 2 heterocycles. The topological polar surface area (TPSA) is 108 Å². The molecule has 178 valence electrons. The number of rotatable bonds is 9. The summed E-state index contributed by atoms with van der Waals surface area (Å²) in [6.07, 6.45) is 2.43. The van der Waals surface area contributed by atoms with E-state index in [4.69, 9.17) is 11.6 Å². The Bertz CT molecular complexity index is 1050.